The van der Waals surface area contributed by atoms with Gasteiger partial charge in [0.1, 0.15) is 0 Å². The summed E-state index contributed by atoms with van der Waals surface area (Å²) in [7, 11) is 0. The first-order valence-corrected chi connectivity index (χ1v) is 8.20. The number of benzene rings is 2. The third-order valence-electron chi connectivity index (χ3n) is 4.20. The van der Waals surface area contributed by atoms with Gasteiger partial charge in [-0.05, 0) is 29.0 Å². The van der Waals surface area contributed by atoms with Gasteiger partial charge in [0.05, 0.1) is 11.7 Å². The van der Waals surface area contributed by atoms with Gasteiger partial charge in [0, 0.05) is 13.0 Å². The number of hydrogen-bond acceptors (Lipinski definition) is 3. The van der Waals surface area contributed by atoms with Gasteiger partial charge in [-0.15, -0.1) is 0 Å². The molecule has 0 aliphatic carbocycles. The molecule has 0 fully saturated rings. The monoisotopic (exact) mass is 313 g/mol. The van der Waals surface area contributed by atoms with Crippen LogP contribution in [0, 0.1) is 5.92 Å². The summed E-state index contributed by atoms with van der Waals surface area (Å²) < 4.78 is 0. The van der Waals surface area contributed by atoms with Crippen LogP contribution in [0.2, 0.25) is 0 Å². The van der Waals surface area contributed by atoms with Crippen molar-refractivity contribution in [3.8, 4) is 11.1 Å². The van der Waals surface area contributed by atoms with Crippen molar-refractivity contribution in [2.75, 3.05) is 6.54 Å². The minimum atomic E-state index is -1.21. The third-order valence-corrected chi connectivity index (χ3v) is 4.20. The van der Waals surface area contributed by atoms with Gasteiger partial charge in [0.15, 0.2) is 0 Å². The lowest BCUT2D eigenvalue weighted by molar-refractivity contribution is -0.0820. The Morgan fingerprint density at radius 1 is 1.00 bits per heavy atom. The molecule has 0 heterocycles. The fourth-order valence-electron chi connectivity index (χ4n) is 3.16. The molecule has 0 aliphatic heterocycles. The molecule has 0 spiro atoms. The summed E-state index contributed by atoms with van der Waals surface area (Å²) in [6.45, 7) is 4.13. The molecule has 0 saturated carbocycles. The molecule has 2 rings (SSSR count). The van der Waals surface area contributed by atoms with E-state index in [4.69, 9.17) is 5.73 Å². The zero-order valence-corrected chi connectivity index (χ0v) is 13.9. The Morgan fingerprint density at radius 3 is 2.22 bits per heavy atom. The van der Waals surface area contributed by atoms with Crippen LogP contribution in [0.5, 0.6) is 0 Å². The molecular weight excluding hydrogens is 286 g/mol. The Kier molecular flexibility index (Phi) is 5.94. The van der Waals surface area contributed by atoms with Crippen molar-refractivity contribution in [3.63, 3.8) is 0 Å². The summed E-state index contributed by atoms with van der Waals surface area (Å²) in [5.41, 5.74) is 7.63. The second-order valence-corrected chi connectivity index (χ2v) is 6.65. The number of rotatable bonds is 7. The van der Waals surface area contributed by atoms with Crippen molar-refractivity contribution < 1.29 is 10.2 Å². The van der Waals surface area contributed by atoms with Gasteiger partial charge in [-0.2, -0.15) is 0 Å². The van der Waals surface area contributed by atoms with Crippen LogP contribution in [-0.2, 0) is 6.42 Å². The zero-order valence-electron chi connectivity index (χ0n) is 13.9. The molecule has 124 valence electrons. The highest BCUT2D eigenvalue weighted by atomic mass is 16.3. The Hall–Kier alpha value is -1.68. The SMILES string of the molecule is CC(C)CC(O)(Cc1ccccc1-c1ccccc1)C(O)CN. The molecule has 0 radical (unpaired) electrons. The molecule has 3 nitrogen and oxygen atoms in total. The molecular formula is C20H27NO2. The van der Waals surface area contributed by atoms with E-state index >= 15 is 0 Å². The summed E-state index contributed by atoms with van der Waals surface area (Å²) >= 11 is 0. The third kappa shape index (κ3) is 4.41. The highest BCUT2D eigenvalue weighted by Crippen LogP contribution is 2.31. The summed E-state index contributed by atoms with van der Waals surface area (Å²) in [6.07, 6.45) is -0.0444. The predicted molar refractivity (Wildman–Crippen MR) is 95.0 cm³/mol. The number of hydrogen-bond donors (Lipinski definition) is 3. The topological polar surface area (TPSA) is 66.5 Å². The first kappa shape index (κ1) is 17.7. The summed E-state index contributed by atoms with van der Waals surface area (Å²) in [6, 6.07) is 18.1. The summed E-state index contributed by atoms with van der Waals surface area (Å²) in [5.74, 6) is 0.269. The molecule has 0 aliphatic rings. The normalized spacial score (nSPS) is 15.4. The first-order chi connectivity index (χ1) is 11.0. The van der Waals surface area contributed by atoms with Crippen LogP contribution in [0.15, 0.2) is 54.6 Å². The van der Waals surface area contributed by atoms with E-state index in [0.717, 1.165) is 16.7 Å². The standard InChI is InChI=1S/C20H27NO2/c1-15(2)12-20(23,19(22)14-21)13-17-10-6-7-11-18(17)16-8-4-3-5-9-16/h3-11,15,19,22-23H,12-14,21H2,1-2H3. The van der Waals surface area contributed by atoms with E-state index in [1.165, 1.54) is 0 Å². The van der Waals surface area contributed by atoms with Crippen molar-refractivity contribution >= 4 is 0 Å². The van der Waals surface area contributed by atoms with Gasteiger partial charge in [0.2, 0.25) is 0 Å². The molecule has 2 aromatic rings. The van der Waals surface area contributed by atoms with Crippen molar-refractivity contribution in [1.82, 2.24) is 0 Å². The lowest BCUT2D eigenvalue weighted by Crippen LogP contribution is -2.49. The number of nitrogens with two attached hydrogens (primary N) is 1. The fraction of sp³-hybridized carbons (Fsp3) is 0.400. The number of aliphatic hydroxyl groups excluding tert-OH is 1. The van der Waals surface area contributed by atoms with Crippen molar-refractivity contribution in [2.24, 2.45) is 11.7 Å². The van der Waals surface area contributed by atoms with Crippen LogP contribution < -0.4 is 5.73 Å². The van der Waals surface area contributed by atoms with Crippen LogP contribution in [-0.4, -0.2) is 28.5 Å². The Bertz CT molecular complexity index is 612. The molecule has 2 aromatic carbocycles. The van der Waals surface area contributed by atoms with E-state index in [1.807, 2.05) is 50.2 Å². The van der Waals surface area contributed by atoms with E-state index in [2.05, 4.69) is 18.2 Å². The lowest BCUT2D eigenvalue weighted by Gasteiger charge is -2.34. The maximum absolute atomic E-state index is 11.0. The van der Waals surface area contributed by atoms with Gasteiger partial charge in [-0.3, -0.25) is 0 Å². The summed E-state index contributed by atoms with van der Waals surface area (Å²) in [4.78, 5) is 0. The van der Waals surface area contributed by atoms with Gasteiger partial charge in [0.25, 0.3) is 0 Å². The molecule has 4 N–H and O–H groups in total. The maximum Gasteiger partial charge on any atom is 0.0960 e. The smallest absolute Gasteiger partial charge is 0.0960 e. The van der Waals surface area contributed by atoms with E-state index < -0.39 is 11.7 Å². The van der Waals surface area contributed by atoms with Crippen molar-refractivity contribution in [2.45, 2.75) is 38.4 Å². The summed E-state index contributed by atoms with van der Waals surface area (Å²) in [5, 5.41) is 21.3. The van der Waals surface area contributed by atoms with Gasteiger partial charge < -0.3 is 15.9 Å². The van der Waals surface area contributed by atoms with Gasteiger partial charge in [-0.25, -0.2) is 0 Å². The quantitative estimate of drug-likeness (QED) is 0.736. The molecule has 0 aromatic heterocycles. The molecule has 0 saturated heterocycles. The minimum absolute atomic E-state index is 0.0523. The highest BCUT2D eigenvalue weighted by Gasteiger charge is 2.36. The van der Waals surface area contributed by atoms with Crippen molar-refractivity contribution in [3.05, 3.63) is 60.2 Å². The molecule has 0 amide bonds. The maximum atomic E-state index is 11.0. The Morgan fingerprint density at radius 2 is 1.61 bits per heavy atom. The fourth-order valence-corrected chi connectivity index (χ4v) is 3.16. The second kappa shape index (κ2) is 7.73. The average Bonchev–Trinajstić information content (AvgIpc) is 2.54. The van der Waals surface area contributed by atoms with E-state index in [1.54, 1.807) is 0 Å². The van der Waals surface area contributed by atoms with Crippen LogP contribution in [0.3, 0.4) is 0 Å². The molecule has 2 unspecified atom stereocenters. The molecule has 0 bridgehead atoms. The highest BCUT2D eigenvalue weighted by molar-refractivity contribution is 5.67. The van der Waals surface area contributed by atoms with E-state index in [-0.39, 0.29) is 12.5 Å². The minimum Gasteiger partial charge on any atom is -0.389 e. The van der Waals surface area contributed by atoms with Crippen LogP contribution in [0.25, 0.3) is 11.1 Å². The largest absolute Gasteiger partial charge is 0.389 e. The Labute approximate surface area is 138 Å². The molecule has 23 heavy (non-hydrogen) atoms. The average molecular weight is 313 g/mol. The second-order valence-electron chi connectivity index (χ2n) is 6.65. The molecule has 2 atom stereocenters. The van der Waals surface area contributed by atoms with Crippen LogP contribution >= 0.6 is 0 Å². The number of aliphatic hydroxyl groups is 2. The van der Waals surface area contributed by atoms with Crippen molar-refractivity contribution in [1.29, 1.82) is 0 Å². The predicted octanol–water partition coefficient (Wildman–Crippen LogP) is 2.99. The van der Waals surface area contributed by atoms with E-state index in [0.29, 0.717) is 12.8 Å². The van der Waals surface area contributed by atoms with Gasteiger partial charge in [-0.1, -0.05) is 68.4 Å². The van der Waals surface area contributed by atoms with Crippen LogP contribution in [0.4, 0.5) is 0 Å². The molecule has 3 heteroatoms. The van der Waals surface area contributed by atoms with Gasteiger partial charge >= 0.3 is 0 Å². The van der Waals surface area contributed by atoms with E-state index in [9.17, 15) is 10.2 Å². The lowest BCUT2D eigenvalue weighted by atomic mass is 9.80. The Balaban J connectivity index is 2.38. The zero-order chi connectivity index (χ0) is 16.9. The van der Waals surface area contributed by atoms with Crippen LogP contribution in [0.1, 0.15) is 25.8 Å². The first-order valence-electron chi connectivity index (χ1n) is 8.20.